The summed E-state index contributed by atoms with van der Waals surface area (Å²) in [5.41, 5.74) is 0.418. The molecule has 0 aliphatic heterocycles. The Morgan fingerprint density at radius 3 is 2.00 bits per heavy atom. The van der Waals surface area contributed by atoms with Crippen LogP contribution in [0.5, 0.6) is 0 Å². The Labute approximate surface area is 51.8 Å². The van der Waals surface area contributed by atoms with Crippen molar-refractivity contribution >= 4 is 6.72 Å². The monoisotopic (exact) mass is 113 g/mol. The van der Waals surface area contributed by atoms with E-state index in [1.165, 1.54) is 0 Å². The van der Waals surface area contributed by atoms with Crippen molar-refractivity contribution < 1.29 is 0 Å². The molecule has 0 rings (SSSR count). The normalized spacial score (nSPS) is 11.4. The van der Waals surface area contributed by atoms with E-state index in [-0.39, 0.29) is 0 Å². The van der Waals surface area contributed by atoms with E-state index in [1.54, 1.807) is 0 Å². The van der Waals surface area contributed by atoms with Crippen LogP contribution in [0.2, 0.25) is 0 Å². The van der Waals surface area contributed by atoms with Crippen molar-refractivity contribution in [2.24, 2.45) is 10.4 Å². The molecule has 0 atom stereocenters. The van der Waals surface area contributed by atoms with Gasteiger partial charge in [0, 0.05) is 6.54 Å². The summed E-state index contributed by atoms with van der Waals surface area (Å²) in [6.45, 7) is 10.9. The molecule has 0 aromatic carbocycles. The maximum Gasteiger partial charge on any atom is 0.0387 e. The molecule has 0 heterocycles. The van der Waals surface area contributed by atoms with Gasteiger partial charge in [-0.25, -0.2) is 0 Å². The van der Waals surface area contributed by atoms with Crippen LogP contribution in [0, 0.1) is 5.41 Å². The highest BCUT2D eigenvalue weighted by molar-refractivity contribution is 5.23. The van der Waals surface area contributed by atoms with E-state index in [0.717, 1.165) is 13.0 Å². The molecule has 0 aliphatic rings. The molecular weight excluding hydrogens is 98.1 g/mol. The summed E-state index contributed by atoms with van der Waals surface area (Å²) in [6, 6.07) is 0. The molecule has 0 saturated carbocycles. The number of hydrogen-bond acceptors (Lipinski definition) is 1. The predicted octanol–water partition coefficient (Wildman–Crippen LogP) is 2.12. The zero-order valence-electron chi connectivity index (χ0n) is 6.07. The zero-order valence-corrected chi connectivity index (χ0v) is 6.07. The number of hydrogen-bond donors (Lipinski definition) is 0. The van der Waals surface area contributed by atoms with Crippen molar-refractivity contribution in [1.82, 2.24) is 0 Å². The van der Waals surface area contributed by atoms with Gasteiger partial charge in [0.2, 0.25) is 0 Å². The second-order valence-electron chi connectivity index (χ2n) is 3.26. The number of nitrogens with zero attached hydrogens (tertiary/aromatic N) is 1. The second kappa shape index (κ2) is 2.85. The van der Waals surface area contributed by atoms with Gasteiger partial charge in [-0.2, -0.15) is 0 Å². The first-order chi connectivity index (χ1) is 3.56. The van der Waals surface area contributed by atoms with Crippen molar-refractivity contribution in [2.45, 2.75) is 27.2 Å². The van der Waals surface area contributed by atoms with E-state index in [0.29, 0.717) is 5.41 Å². The van der Waals surface area contributed by atoms with Crippen LogP contribution in [0.25, 0.3) is 0 Å². The molecule has 8 heavy (non-hydrogen) atoms. The fourth-order valence-electron chi connectivity index (χ4n) is 0.414. The predicted molar refractivity (Wildman–Crippen MR) is 38.5 cm³/mol. The Hall–Kier alpha value is -0.330. The Bertz CT molecular complexity index is 68.9. The minimum Gasteiger partial charge on any atom is -0.301 e. The minimum absolute atomic E-state index is 0.418. The van der Waals surface area contributed by atoms with Gasteiger partial charge in [-0.3, -0.25) is 0 Å². The van der Waals surface area contributed by atoms with E-state index < -0.39 is 0 Å². The van der Waals surface area contributed by atoms with Gasteiger partial charge < -0.3 is 4.99 Å². The first-order valence-corrected chi connectivity index (χ1v) is 2.99. The van der Waals surface area contributed by atoms with Gasteiger partial charge in [0.05, 0.1) is 0 Å². The smallest absolute Gasteiger partial charge is 0.0387 e. The molecule has 0 bridgehead atoms. The lowest BCUT2D eigenvalue weighted by atomic mass is 9.93. The molecule has 0 aromatic rings. The summed E-state index contributed by atoms with van der Waals surface area (Å²) in [6.07, 6.45) is 1.14. The maximum atomic E-state index is 3.77. The van der Waals surface area contributed by atoms with Crippen LogP contribution in [0.3, 0.4) is 0 Å². The average molecular weight is 113 g/mol. The first kappa shape index (κ1) is 7.67. The lowest BCUT2D eigenvalue weighted by Crippen LogP contribution is -2.05. The second-order valence-corrected chi connectivity index (χ2v) is 3.26. The average Bonchev–Trinajstić information content (AvgIpc) is 1.59. The van der Waals surface area contributed by atoms with Crippen molar-refractivity contribution in [2.75, 3.05) is 6.54 Å². The van der Waals surface area contributed by atoms with Gasteiger partial charge in [-0.15, -0.1) is 0 Å². The van der Waals surface area contributed by atoms with Crippen LogP contribution in [0.4, 0.5) is 0 Å². The highest BCUT2D eigenvalue weighted by atomic mass is 14.7. The summed E-state index contributed by atoms with van der Waals surface area (Å²) >= 11 is 0. The topological polar surface area (TPSA) is 12.4 Å². The van der Waals surface area contributed by atoms with Gasteiger partial charge in [-0.1, -0.05) is 20.8 Å². The Balaban J connectivity index is 3.24. The highest BCUT2D eigenvalue weighted by Crippen LogP contribution is 2.17. The lowest BCUT2D eigenvalue weighted by Gasteiger charge is -2.15. The van der Waals surface area contributed by atoms with Crippen LogP contribution in [-0.4, -0.2) is 13.3 Å². The van der Waals surface area contributed by atoms with E-state index >= 15 is 0 Å². The van der Waals surface area contributed by atoms with Crippen LogP contribution in [0.15, 0.2) is 4.99 Å². The fraction of sp³-hybridized carbons (Fsp3) is 0.857. The summed E-state index contributed by atoms with van der Waals surface area (Å²) in [5, 5.41) is 0. The summed E-state index contributed by atoms with van der Waals surface area (Å²) < 4.78 is 0. The summed E-state index contributed by atoms with van der Waals surface area (Å²) in [7, 11) is 0. The Morgan fingerprint density at radius 2 is 1.88 bits per heavy atom. The Morgan fingerprint density at radius 1 is 1.38 bits per heavy atom. The Kier molecular flexibility index (Phi) is 2.74. The largest absolute Gasteiger partial charge is 0.301 e. The van der Waals surface area contributed by atoms with Crippen LogP contribution < -0.4 is 0 Å². The molecule has 0 aliphatic carbocycles. The van der Waals surface area contributed by atoms with Gasteiger partial charge >= 0.3 is 0 Å². The van der Waals surface area contributed by atoms with Crippen LogP contribution >= 0.6 is 0 Å². The van der Waals surface area contributed by atoms with Gasteiger partial charge in [-0.05, 0) is 18.6 Å². The minimum atomic E-state index is 0.418. The number of rotatable bonds is 2. The quantitative estimate of drug-likeness (QED) is 0.486. The van der Waals surface area contributed by atoms with E-state index in [9.17, 15) is 0 Å². The molecule has 0 N–H and O–H groups in total. The van der Waals surface area contributed by atoms with Crippen molar-refractivity contribution in [1.29, 1.82) is 0 Å². The summed E-state index contributed by atoms with van der Waals surface area (Å²) in [4.78, 5) is 3.77. The molecule has 0 unspecified atom stereocenters. The maximum absolute atomic E-state index is 3.77. The van der Waals surface area contributed by atoms with Gasteiger partial charge in [0.15, 0.2) is 0 Å². The SMILES string of the molecule is C=NCCC(C)(C)C. The summed E-state index contributed by atoms with van der Waals surface area (Å²) in [5.74, 6) is 0. The van der Waals surface area contributed by atoms with Crippen molar-refractivity contribution in [3.05, 3.63) is 0 Å². The first-order valence-electron chi connectivity index (χ1n) is 2.99. The standard InChI is InChI=1S/C7H15N/c1-7(2,3)5-6-8-4/h4-6H2,1-3H3. The van der Waals surface area contributed by atoms with Crippen molar-refractivity contribution in [3.8, 4) is 0 Å². The molecule has 0 radical (unpaired) electrons. The number of aliphatic imine (C=N–C) groups is 1. The highest BCUT2D eigenvalue weighted by Gasteiger charge is 2.07. The zero-order chi connectivity index (χ0) is 6.62. The molecule has 1 nitrogen and oxygen atoms in total. The molecule has 0 aromatic heterocycles. The molecule has 48 valence electrons. The van der Waals surface area contributed by atoms with E-state index in [2.05, 4.69) is 32.5 Å². The van der Waals surface area contributed by atoms with Crippen molar-refractivity contribution in [3.63, 3.8) is 0 Å². The third kappa shape index (κ3) is 5.67. The van der Waals surface area contributed by atoms with Gasteiger partial charge in [0.1, 0.15) is 0 Å². The fourth-order valence-corrected chi connectivity index (χ4v) is 0.414. The van der Waals surface area contributed by atoms with Crippen LogP contribution in [0.1, 0.15) is 27.2 Å². The molecule has 0 spiro atoms. The molecule has 0 fully saturated rings. The van der Waals surface area contributed by atoms with Crippen LogP contribution in [-0.2, 0) is 0 Å². The third-order valence-electron chi connectivity index (χ3n) is 1.02. The molecular formula is C7H15N. The lowest BCUT2D eigenvalue weighted by molar-refractivity contribution is 0.385. The molecule has 0 amide bonds. The van der Waals surface area contributed by atoms with E-state index in [1.807, 2.05) is 0 Å². The molecule has 0 saturated heterocycles. The van der Waals surface area contributed by atoms with E-state index in [4.69, 9.17) is 0 Å². The molecule has 1 heteroatoms. The van der Waals surface area contributed by atoms with Gasteiger partial charge in [0.25, 0.3) is 0 Å². The third-order valence-corrected chi connectivity index (χ3v) is 1.02.